The highest BCUT2D eigenvalue weighted by molar-refractivity contribution is 9.11. The summed E-state index contributed by atoms with van der Waals surface area (Å²) in [6.45, 7) is 3.81. The summed E-state index contributed by atoms with van der Waals surface area (Å²) in [4.78, 5) is 5.43. The fourth-order valence-electron chi connectivity index (χ4n) is 1.71. The van der Waals surface area contributed by atoms with E-state index in [2.05, 4.69) is 26.2 Å². The first-order valence-electron chi connectivity index (χ1n) is 6.27. The normalized spacial score (nSPS) is 12.2. The second-order valence-electron chi connectivity index (χ2n) is 4.37. The molecule has 1 N–H and O–H groups in total. The molecule has 9 heteroatoms. The summed E-state index contributed by atoms with van der Waals surface area (Å²) in [5.41, 5.74) is 2.45. The summed E-state index contributed by atoms with van der Waals surface area (Å²) < 4.78 is 27.2. The van der Waals surface area contributed by atoms with Crippen LogP contribution in [0.4, 0.5) is 0 Å². The summed E-state index contributed by atoms with van der Waals surface area (Å²) in [6.07, 6.45) is 0. The van der Waals surface area contributed by atoms with Crippen molar-refractivity contribution in [2.75, 3.05) is 13.6 Å². The SMILES string of the molecule is CCNCc1cc(S(=O)(=O)N(C)Cc2cscn2)c(Br)s1. The van der Waals surface area contributed by atoms with E-state index in [0.717, 1.165) is 17.1 Å². The lowest BCUT2D eigenvalue weighted by molar-refractivity contribution is 0.463. The summed E-state index contributed by atoms with van der Waals surface area (Å²) in [6, 6.07) is 1.73. The van der Waals surface area contributed by atoms with E-state index in [9.17, 15) is 8.42 Å². The minimum absolute atomic E-state index is 0.274. The molecule has 0 spiro atoms. The Morgan fingerprint density at radius 1 is 1.48 bits per heavy atom. The zero-order chi connectivity index (χ0) is 15.5. The molecule has 5 nitrogen and oxygen atoms in total. The maximum atomic E-state index is 12.6. The van der Waals surface area contributed by atoms with Crippen molar-refractivity contribution < 1.29 is 8.42 Å². The molecule has 0 unspecified atom stereocenters. The van der Waals surface area contributed by atoms with Crippen molar-refractivity contribution in [3.05, 3.63) is 31.3 Å². The molecule has 0 saturated heterocycles. The van der Waals surface area contributed by atoms with Gasteiger partial charge in [-0.05, 0) is 28.5 Å². The van der Waals surface area contributed by atoms with Gasteiger partial charge in [0.1, 0.15) is 4.90 Å². The summed E-state index contributed by atoms with van der Waals surface area (Å²) >= 11 is 6.26. The van der Waals surface area contributed by atoms with Crippen LogP contribution in [0, 0.1) is 0 Å². The Kier molecular flexibility index (Phi) is 5.92. The monoisotopic (exact) mass is 409 g/mol. The fraction of sp³-hybridized carbons (Fsp3) is 0.417. The minimum Gasteiger partial charge on any atom is -0.312 e. The molecule has 0 fully saturated rings. The molecule has 2 aromatic rings. The van der Waals surface area contributed by atoms with Gasteiger partial charge in [-0.25, -0.2) is 13.4 Å². The summed E-state index contributed by atoms with van der Waals surface area (Å²) in [5, 5.41) is 5.05. The van der Waals surface area contributed by atoms with Gasteiger partial charge in [0.25, 0.3) is 0 Å². The number of thiophene rings is 1. The molecule has 2 rings (SSSR count). The first kappa shape index (κ1) is 17.0. The molecular formula is C12H16BrN3O2S3. The molecule has 0 saturated carbocycles. The molecule has 0 aliphatic rings. The van der Waals surface area contributed by atoms with Crippen LogP contribution in [0.1, 0.15) is 17.5 Å². The van der Waals surface area contributed by atoms with Crippen LogP contribution < -0.4 is 5.32 Å². The van der Waals surface area contributed by atoms with E-state index in [1.807, 2.05) is 12.3 Å². The maximum absolute atomic E-state index is 12.6. The summed E-state index contributed by atoms with van der Waals surface area (Å²) in [7, 11) is -1.94. The number of aromatic nitrogens is 1. The molecule has 0 aliphatic heterocycles. The third kappa shape index (κ3) is 4.11. The number of sulfonamides is 1. The molecule has 116 valence electrons. The van der Waals surface area contributed by atoms with E-state index in [1.54, 1.807) is 18.6 Å². The van der Waals surface area contributed by atoms with Crippen molar-refractivity contribution in [3.63, 3.8) is 0 Å². The topological polar surface area (TPSA) is 62.3 Å². The average molecular weight is 410 g/mol. The number of hydrogen-bond donors (Lipinski definition) is 1. The lowest BCUT2D eigenvalue weighted by Crippen LogP contribution is -2.26. The smallest absolute Gasteiger partial charge is 0.245 e. The highest BCUT2D eigenvalue weighted by Gasteiger charge is 2.26. The van der Waals surface area contributed by atoms with Crippen molar-refractivity contribution in [2.24, 2.45) is 0 Å². The molecule has 0 amide bonds. The molecule has 0 aliphatic carbocycles. The van der Waals surface area contributed by atoms with E-state index >= 15 is 0 Å². The number of thiazole rings is 1. The van der Waals surface area contributed by atoms with Crippen molar-refractivity contribution in [2.45, 2.75) is 24.9 Å². The average Bonchev–Trinajstić information content (AvgIpc) is 3.06. The second kappa shape index (κ2) is 7.30. The van der Waals surface area contributed by atoms with Gasteiger partial charge in [0, 0.05) is 23.8 Å². The van der Waals surface area contributed by atoms with Gasteiger partial charge >= 0.3 is 0 Å². The fourth-order valence-corrected chi connectivity index (χ4v) is 6.00. The number of hydrogen-bond acceptors (Lipinski definition) is 6. The van der Waals surface area contributed by atoms with Crippen molar-refractivity contribution >= 4 is 48.6 Å². The first-order valence-corrected chi connectivity index (χ1v) is 10.3. The largest absolute Gasteiger partial charge is 0.312 e. The predicted molar refractivity (Wildman–Crippen MR) is 90.2 cm³/mol. The van der Waals surface area contributed by atoms with Crippen LogP contribution in [0.3, 0.4) is 0 Å². The molecular weight excluding hydrogens is 394 g/mol. The van der Waals surface area contributed by atoms with E-state index in [0.29, 0.717) is 15.2 Å². The van der Waals surface area contributed by atoms with Gasteiger partial charge in [0.2, 0.25) is 10.0 Å². The zero-order valence-corrected chi connectivity index (χ0v) is 15.7. The van der Waals surface area contributed by atoms with E-state index in [1.165, 1.54) is 27.0 Å². The van der Waals surface area contributed by atoms with Crippen molar-refractivity contribution in [1.82, 2.24) is 14.6 Å². The van der Waals surface area contributed by atoms with Gasteiger partial charge in [0.15, 0.2) is 0 Å². The van der Waals surface area contributed by atoms with Crippen molar-refractivity contribution in [1.29, 1.82) is 0 Å². The Balaban J connectivity index is 2.20. The second-order valence-corrected chi connectivity index (χ2v) is 9.56. The van der Waals surface area contributed by atoms with Gasteiger partial charge in [-0.3, -0.25) is 0 Å². The van der Waals surface area contributed by atoms with E-state index in [4.69, 9.17) is 0 Å². The Morgan fingerprint density at radius 3 is 2.86 bits per heavy atom. The molecule has 2 aromatic heterocycles. The maximum Gasteiger partial charge on any atom is 0.245 e. The predicted octanol–water partition coefficient (Wildman–Crippen LogP) is 2.90. The Bertz CT molecular complexity index is 683. The van der Waals surface area contributed by atoms with Gasteiger partial charge in [-0.2, -0.15) is 4.31 Å². The summed E-state index contributed by atoms with van der Waals surface area (Å²) in [5.74, 6) is 0. The molecule has 21 heavy (non-hydrogen) atoms. The highest BCUT2D eigenvalue weighted by Crippen LogP contribution is 2.33. The van der Waals surface area contributed by atoms with E-state index < -0.39 is 10.0 Å². The van der Waals surface area contributed by atoms with Gasteiger partial charge < -0.3 is 5.32 Å². The number of nitrogens with one attached hydrogen (secondary N) is 1. The lowest BCUT2D eigenvalue weighted by Gasteiger charge is -2.15. The van der Waals surface area contributed by atoms with Crippen LogP contribution in [0.15, 0.2) is 25.6 Å². The van der Waals surface area contributed by atoms with Crippen molar-refractivity contribution in [3.8, 4) is 0 Å². The third-order valence-electron chi connectivity index (χ3n) is 2.81. The molecule has 0 radical (unpaired) electrons. The number of nitrogens with zero attached hydrogens (tertiary/aromatic N) is 2. The van der Waals surface area contributed by atoms with Crippen LogP contribution in [0.2, 0.25) is 0 Å². The molecule has 2 heterocycles. The Labute approximate surface area is 141 Å². The standard InChI is InChI=1S/C12H16BrN3O2S3/c1-3-14-5-10-4-11(12(13)20-10)21(17,18)16(2)6-9-7-19-8-15-9/h4,7-8,14H,3,5-6H2,1-2H3. The van der Waals surface area contributed by atoms with E-state index in [-0.39, 0.29) is 6.54 Å². The Morgan fingerprint density at radius 2 is 2.24 bits per heavy atom. The van der Waals surface area contributed by atoms with Crippen LogP contribution in [0.5, 0.6) is 0 Å². The van der Waals surface area contributed by atoms with Crippen LogP contribution in [-0.2, 0) is 23.1 Å². The van der Waals surface area contributed by atoms with Crippen LogP contribution in [-0.4, -0.2) is 31.3 Å². The van der Waals surface area contributed by atoms with Crippen LogP contribution in [0.25, 0.3) is 0 Å². The molecule has 0 aromatic carbocycles. The van der Waals surface area contributed by atoms with Gasteiger partial charge in [0.05, 0.1) is 21.5 Å². The molecule has 0 bridgehead atoms. The lowest BCUT2D eigenvalue weighted by atomic mass is 10.4. The van der Waals surface area contributed by atoms with Crippen LogP contribution >= 0.6 is 38.6 Å². The third-order valence-corrected chi connectivity index (χ3v) is 7.50. The zero-order valence-electron chi connectivity index (χ0n) is 11.7. The number of rotatable bonds is 7. The van der Waals surface area contributed by atoms with Gasteiger partial charge in [-0.15, -0.1) is 22.7 Å². The van der Waals surface area contributed by atoms with Gasteiger partial charge in [-0.1, -0.05) is 6.92 Å². The minimum atomic E-state index is -3.52. The first-order chi connectivity index (χ1) is 9.95. The number of halogens is 1. The molecule has 0 atom stereocenters. The highest BCUT2D eigenvalue weighted by atomic mass is 79.9. The quantitative estimate of drug-likeness (QED) is 0.763. The Hall–Kier alpha value is -0.320.